The van der Waals surface area contributed by atoms with Crippen LogP contribution in [0.25, 0.3) is 0 Å². The molecule has 0 aromatic rings. The van der Waals surface area contributed by atoms with Gasteiger partial charge in [-0.25, -0.2) is 0 Å². The molecule has 0 saturated heterocycles. The summed E-state index contributed by atoms with van der Waals surface area (Å²) in [6, 6.07) is 0. The first kappa shape index (κ1) is 16.0. The van der Waals surface area contributed by atoms with Gasteiger partial charge in [0.05, 0.1) is 0 Å². The third-order valence-electron chi connectivity index (χ3n) is 0. The molecule has 0 amide bonds. The van der Waals surface area contributed by atoms with E-state index in [4.69, 9.17) is 13.3 Å². The van der Waals surface area contributed by atoms with Crippen LogP contribution in [-0.4, -0.2) is 37.2 Å². The van der Waals surface area contributed by atoms with Gasteiger partial charge in [-0.3, -0.25) is 4.21 Å². The predicted molar refractivity (Wildman–Crippen MR) is 22.8 cm³/mol. The van der Waals surface area contributed by atoms with E-state index in [-0.39, 0.29) is 53.5 Å². The molecule has 0 unspecified atom stereocenters. The van der Waals surface area contributed by atoms with Crippen LogP contribution in [0.1, 0.15) is 0 Å². The van der Waals surface area contributed by atoms with E-state index in [0.29, 0.717) is 0 Å². The van der Waals surface area contributed by atoms with E-state index < -0.39 is 9.05 Å². The van der Waals surface area contributed by atoms with Crippen molar-refractivity contribution in [3.8, 4) is 0 Å². The van der Waals surface area contributed by atoms with E-state index in [2.05, 4.69) is 11.2 Å². The normalized spacial score (nSPS) is 8.29. The fraction of sp³-hybridized carbons (Fsp3) is 0. The van der Waals surface area contributed by atoms with Gasteiger partial charge < -0.3 is 9.11 Å². The summed E-state index contributed by atoms with van der Waals surface area (Å²) >= 11 is 3.24. The summed E-state index contributed by atoms with van der Waals surface area (Å²) in [5, 5.41) is 0. The second-order valence-corrected chi connectivity index (χ2v) is 2.45. The molecule has 0 bridgehead atoms. The Hall–Kier alpha value is 2.09. The molecule has 0 rings (SSSR count). The molecule has 3 nitrogen and oxygen atoms in total. The Labute approximate surface area is 85.8 Å². The molecule has 0 aromatic carbocycles. The number of rotatable bonds is 0. The van der Waals surface area contributed by atoms with Gasteiger partial charge in [0.15, 0.2) is 0 Å². The smallest absolute Gasteiger partial charge is 0.780 e. The molecule has 0 spiro atoms. The Morgan fingerprint density at radius 2 is 1.43 bits per heavy atom. The van der Waals surface area contributed by atoms with E-state index >= 15 is 0 Å². The fourth-order valence-electron chi connectivity index (χ4n) is 0. The number of hydrogen-bond acceptors (Lipinski definition) is 4. The summed E-state index contributed by atoms with van der Waals surface area (Å²) in [4.78, 5) is 0. The molecule has 0 fully saturated rings. The molecular formula is NaO3S2Sn+3. The fourth-order valence-corrected chi connectivity index (χ4v) is 0. The van der Waals surface area contributed by atoms with E-state index in [1.54, 1.807) is 0 Å². The molecule has 7 heteroatoms. The summed E-state index contributed by atoms with van der Waals surface area (Å²) in [5.41, 5.74) is 0. The van der Waals surface area contributed by atoms with Crippen LogP contribution in [0.2, 0.25) is 0 Å². The zero-order valence-electron chi connectivity index (χ0n) is 3.54. The minimum atomic E-state index is -4.33. The van der Waals surface area contributed by atoms with Crippen LogP contribution in [0.15, 0.2) is 0 Å². The minimum absolute atomic E-state index is 0. The Bertz CT molecular complexity index is 96.1. The van der Waals surface area contributed by atoms with Crippen LogP contribution in [0.5, 0.6) is 0 Å². The molecule has 0 aliphatic rings. The quantitative estimate of drug-likeness (QED) is 0.409. The molecular weight excluding hydrogens is 254 g/mol. The largest absolute Gasteiger partial charge is 4.00 e. The van der Waals surface area contributed by atoms with Gasteiger partial charge >= 0.3 is 53.5 Å². The van der Waals surface area contributed by atoms with Crippen molar-refractivity contribution in [3.05, 3.63) is 0 Å². The first-order chi connectivity index (χ1) is 2.00. The van der Waals surface area contributed by atoms with E-state index in [9.17, 15) is 0 Å². The average molecular weight is 254 g/mol. The first-order valence-electron chi connectivity index (χ1n) is 0.667. The van der Waals surface area contributed by atoms with Crippen molar-refractivity contribution in [2.75, 3.05) is 0 Å². The van der Waals surface area contributed by atoms with Crippen LogP contribution < -0.4 is 29.6 Å². The number of hydrogen-bond donors (Lipinski definition) is 0. The Morgan fingerprint density at radius 3 is 1.43 bits per heavy atom. The van der Waals surface area contributed by atoms with E-state index in [1.165, 1.54) is 0 Å². The second kappa shape index (κ2) is 6.21. The predicted octanol–water partition coefficient (Wildman–Crippen LogP) is -4.38. The van der Waals surface area contributed by atoms with Crippen LogP contribution >= 0.6 is 0 Å². The molecule has 0 aliphatic carbocycles. The summed E-state index contributed by atoms with van der Waals surface area (Å²) in [6.45, 7) is 0. The van der Waals surface area contributed by atoms with Gasteiger partial charge in [-0.05, 0) is 11.2 Å². The van der Waals surface area contributed by atoms with Crippen molar-refractivity contribution < 1.29 is 42.9 Å². The van der Waals surface area contributed by atoms with Gasteiger partial charge in [-0.2, -0.15) is 0 Å². The summed E-state index contributed by atoms with van der Waals surface area (Å²) in [7, 11) is -4.33. The average Bonchev–Trinajstić information content (AvgIpc) is 0.722. The van der Waals surface area contributed by atoms with Gasteiger partial charge in [0.25, 0.3) is 0 Å². The molecule has 0 radical (unpaired) electrons. The van der Waals surface area contributed by atoms with Gasteiger partial charge in [0, 0.05) is 0 Å². The van der Waals surface area contributed by atoms with Crippen LogP contribution in [0.3, 0.4) is 0 Å². The van der Waals surface area contributed by atoms with Crippen molar-refractivity contribution in [3.63, 3.8) is 0 Å². The van der Waals surface area contributed by atoms with Crippen molar-refractivity contribution in [1.82, 2.24) is 0 Å². The molecule has 32 valence electrons. The molecule has 0 heterocycles. The summed E-state index contributed by atoms with van der Waals surface area (Å²) in [5.74, 6) is 0. The van der Waals surface area contributed by atoms with Crippen LogP contribution in [0.4, 0.5) is 0 Å². The van der Waals surface area contributed by atoms with Crippen molar-refractivity contribution in [1.29, 1.82) is 0 Å². The van der Waals surface area contributed by atoms with E-state index in [0.717, 1.165) is 0 Å². The maximum absolute atomic E-state index is 8.89. The van der Waals surface area contributed by atoms with Gasteiger partial charge in [0.1, 0.15) is 0 Å². The Balaban J connectivity index is -0.0000000800. The van der Waals surface area contributed by atoms with Crippen LogP contribution in [0, 0.1) is 0 Å². The SMILES string of the molecule is O=S([O-])([O-])=S.[Na+].[Sn+4]. The minimum Gasteiger partial charge on any atom is -0.780 e. The molecule has 7 heavy (non-hydrogen) atoms. The Kier molecular flexibility index (Phi) is 14.2. The monoisotopic (exact) mass is 255 g/mol. The zero-order valence-corrected chi connectivity index (χ0v) is 10.0. The van der Waals surface area contributed by atoms with Gasteiger partial charge in [-0.15, -0.1) is 9.05 Å². The maximum Gasteiger partial charge on any atom is 4.00 e. The molecule has 0 aliphatic heterocycles. The Morgan fingerprint density at radius 1 is 1.43 bits per heavy atom. The molecule has 0 N–H and O–H groups in total. The molecule has 0 saturated carbocycles. The standard InChI is InChI=1S/Na.H2O3S2.Sn/c;1-5(2,3)4;/h;(H2,1,2,3,4);/q+1;;+4/p-2. The van der Waals surface area contributed by atoms with Crippen molar-refractivity contribution in [2.24, 2.45) is 0 Å². The van der Waals surface area contributed by atoms with Gasteiger partial charge in [0.2, 0.25) is 0 Å². The third-order valence-corrected chi connectivity index (χ3v) is 0. The summed E-state index contributed by atoms with van der Waals surface area (Å²) < 4.78 is 26.7. The van der Waals surface area contributed by atoms with Crippen molar-refractivity contribution in [2.45, 2.75) is 0 Å². The maximum atomic E-state index is 8.89. The molecule has 0 aromatic heterocycles. The third kappa shape index (κ3) is 68.7. The summed E-state index contributed by atoms with van der Waals surface area (Å²) in [6.07, 6.45) is 0. The second-order valence-electron chi connectivity index (χ2n) is 0.408. The first-order valence-corrected chi connectivity index (χ1v) is 3.00. The zero-order chi connectivity index (χ0) is 4.50. The topological polar surface area (TPSA) is 63.2 Å². The van der Waals surface area contributed by atoms with E-state index in [1.807, 2.05) is 0 Å². The van der Waals surface area contributed by atoms with Crippen molar-refractivity contribution >= 4 is 44.1 Å². The van der Waals surface area contributed by atoms with Crippen LogP contribution in [-0.2, 0) is 20.2 Å². The van der Waals surface area contributed by atoms with Gasteiger partial charge in [-0.1, -0.05) is 0 Å². The molecule has 0 atom stereocenters.